The van der Waals surface area contributed by atoms with Crippen molar-refractivity contribution in [3.8, 4) is 0 Å². The molecule has 0 fully saturated rings. The predicted octanol–water partition coefficient (Wildman–Crippen LogP) is 2.18. The molecule has 0 radical (unpaired) electrons. The summed E-state index contributed by atoms with van der Waals surface area (Å²) in [6, 6.07) is 0. The summed E-state index contributed by atoms with van der Waals surface area (Å²) in [7, 11) is 0. The van der Waals surface area contributed by atoms with Gasteiger partial charge in [0.2, 0.25) is 0 Å². The van der Waals surface area contributed by atoms with E-state index in [-0.39, 0.29) is 0 Å². The van der Waals surface area contributed by atoms with Gasteiger partial charge in [0.15, 0.2) is 6.61 Å². The Bertz CT molecular complexity index is 205. The van der Waals surface area contributed by atoms with E-state index in [0.717, 1.165) is 5.54 Å². The largest absolute Gasteiger partial charge is 0.456 e. The Kier molecular flexibility index (Phi) is 4.76. The Morgan fingerprint density at radius 1 is 1.54 bits per heavy atom. The summed E-state index contributed by atoms with van der Waals surface area (Å²) in [5.41, 5.74) is 0.725. The molecule has 13 heavy (non-hydrogen) atoms. The van der Waals surface area contributed by atoms with Crippen LogP contribution in [0.15, 0.2) is 11.6 Å². The lowest BCUT2D eigenvalue weighted by molar-refractivity contribution is -0.176. The third-order valence-electron chi connectivity index (χ3n) is 0.925. The lowest BCUT2D eigenvalue weighted by Crippen LogP contribution is -2.33. The second-order valence-corrected chi connectivity index (χ2v) is 2.21. The predicted molar refractivity (Wildman–Crippen MR) is 36.9 cm³/mol. The molecule has 0 aromatic rings. The molecule has 0 aromatic heterocycles. The highest BCUT2D eigenvalue weighted by Crippen LogP contribution is 2.22. The minimum Gasteiger partial charge on any atom is -0.456 e. The quantitative estimate of drug-likeness (QED) is 0.412. The van der Waals surface area contributed by atoms with Crippen LogP contribution in [-0.2, 0) is 9.53 Å². The van der Waals surface area contributed by atoms with Crippen LogP contribution in [0.1, 0.15) is 0 Å². The van der Waals surface area contributed by atoms with Gasteiger partial charge in [0.25, 0.3) is 0 Å². The van der Waals surface area contributed by atoms with Gasteiger partial charge in [0.1, 0.15) is 0 Å². The minimum absolute atomic E-state index is 0.628. The van der Waals surface area contributed by atoms with Crippen molar-refractivity contribution in [2.45, 2.75) is 12.3 Å². The van der Waals surface area contributed by atoms with Gasteiger partial charge in [-0.15, -0.1) is 0 Å². The van der Waals surface area contributed by atoms with Gasteiger partial charge in [-0.1, -0.05) is 11.6 Å². The molecule has 0 aliphatic carbocycles. The first-order valence-electron chi connectivity index (χ1n) is 2.99. The van der Waals surface area contributed by atoms with E-state index in [9.17, 15) is 22.4 Å². The molecule has 0 unspecified atom stereocenters. The molecule has 2 nitrogen and oxygen atoms in total. The molecule has 76 valence electrons. The van der Waals surface area contributed by atoms with Crippen molar-refractivity contribution in [1.29, 1.82) is 0 Å². The molecule has 0 saturated heterocycles. The van der Waals surface area contributed by atoms with Crippen LogP contribution in [0.3, 0.4) is 0 Å². The van der Waals surface area contributed by atoms with Gasteiger partial charge in [-0.2, -0.15) is 8.78 Å². The Hall–Kier alpha value is -0.780. The smallest absolute Gasteiger partial charge is 0.340 e. The summed E-state index contributed by atoms with van der Waals surface area (Å²) in [5.74, 6) is -5.52. The first-order chi connectivity index (χ1) is 5.90. The molecule has 7 heteroatoms. The van der Waals surface area contributed by atoms with Crippen molar-refractivity contribution >= 4 is 17.6 Å². The zero-order chi connectivity index (χ0) is 10.5. The number of ether oxygens (including phenoxy) is 1. The highest BCUT2D eigenvalue weighted by atomic mass is 35.5. The molecular formula is C6H5ClF4O2. The molecule has 0 saturated carbocycles. The average molecular weight is 221 g/mol. The number of halogens is 5. The molecule has 0 bridgehead atoms. The summed E-state index contributed by atoms with van der Waals surface area (Å²) in [4.78, 5) is 10.3. The van der Waals surface area contributed by atoms with E-state index in [2.05, 4.69) is 4.74 Å². The minimum atomic E-state index is -4.32. The maximum atomic E-state index is 12.1. The number of esters is 1. The lowest BCUT2D eigenvalue weighted by Gasteiger charge is -2.13. The zero-order valence-electron chi connectivity index (χ0n) is 6.15. The van der Waals surface area contributed by atoms with Crippen LogP contribution in [-0.4, -0.2) is 24.9 Å². The fraction of sp³-hybridized carbons (Fsp3) is 0.500. The molecule has 0 heterocycles. The van der Waals surface area contributed by atoms with Crippen molar-refractivity contribution in [1.82, 2.24) is 0 Å². The summed E-state index contributed by atoms with van der Waals surface area (Å²) in [6.45, 7) is -1.66. The van der Waals surface area contributed by atoms with Crippen LogP contribution in [0.4, 0.5) is 17.6 Å². The van der Waals surface area contributed by atoms with E-state index < -0.39 is 24.9 Å². The standard InChI is InChI=1S/C6H5ClF4O2/c7-2-1-4(12)13-3-6(10,11)5(8)9/h1-2,5H,3H2/b2-1-. The van der Waals surface area contributed by atoms with Gasteiger partial charge >= 0.3 is 18.3 Å². The van der Waals surface area contributed by atoms with Gasteiger partial charge < -0.3 is 4.74 Å². The highest BCUT2D eigenvalue weighted by molar-refractivity contribution is 6.26. The van der Waals surface area contributed by atoms with Gasteiger partial charge in [-0.25, -0.2) is 13.6 Å². The van der Waals surface area contributed by atoms with E-state index in [4.69, 9.17) is 11.6 Å². The van der Waals surface area contributed by atoms with Gasteiger partial charge in [-0.05, 0) is 0 Å². The van der Waals surface area contributed by atoms with Gasteiger partial charge in [0, 0.05) is 11.6 Å². The molecule has 0 rings (SSSR count). The summed E-state index contributed by atoms with van der Waals surface area (Å²) in [5, 5.41) is 0. The summed E-state index contributed by atoms with van der Waals surface area (Å²) >= 11 is 4.89. The Labute approximate surface area is 76.1 Å². The fourth-order valence-corrected chi connectivity index (χ4v) is 0.433. The van der Waals surface area contributed by atoms with Crippen LogP contribution in [0.5, 0.6) is 0 Å². The fourth-order valence-electron chi connectivity index (χ4n) is 0.330. The number of rotatable bonds is 4. The van der Waals surface area contributed by atoms with E-state index in [1.165, 1.54) is 0 Å². The van der Waals surface area contributed by atoms with Crippen molar-refractivity contribution in [2.24, 2.45) is 0 Å². The van der Waals surface area contributed by atoms with Crippen molar-refractivity contribution in [2.75, 3.05) is 6.61 Å². The van der Waals surface area contributed by atoms with E-state index in [0.29, 0.717) is 6.08 Å². The van der Waals surface area contributed by atoms with Crippen molar-refractivity contribution in [3.63, 3.8) is 0 Å². The Balaban J connectivity index is 3.95. The maximum Gasteiger partial charge on any atom is 0.340 e. The number of carbonyl (C=O) groups is 1. The topological polar surface area (TPSA) is 26.3 Å². The first-order valence-corrected chi connectivity index (χ1v) is 3.43. The first kappa shape index (κ1) is 12.2. The number of hydrogen-bond acceptors (Lipinski definition) is 2. The molecule has 0 aromatic carbocycles. The zero-order valence-corrected chi connectivity index (χ0v) is 6.90. The van der Waals surface area contributed by atoms with Crippen molar-refractivity contribution in [3.05, 3.63) is 11.6 Å². The van der Waals surface area contributed by atoms with Crippen molar-refractivity contribution < 1.29 is 27.1 Å². The average Bonchev–Trinajstić information content (AvgIpc) is 2.01. The van der Waals surface area contributed by atoms with Crippen LogP contribution < -0.4 is 0 Å². The molecule has 0 spiro atoms. The highest BCUT2D eigenvalue weighted by Gasteiger charge is 2.42. The van der Waals surface area contributed by atoms with E-state index >= 15 is 0 Å². The van der Waals surface area contributed by atoms with E-state index in [1.54, 1.807) is 0 Å². The molecule has 0 aliphatic rings. The van der Waals surface area contributed by atoms with Gasteiger partial charge in [0.05, 0.1) is 0 Å². The third kappa shape index (κ3) is 4.72. The van der Waals surface area contributed by atoms with E-state index in [1.807, 2.05) is 0 Å². The summed E-state index contributed by atoms with van der Waals surface area (Å²) in [6.07, 6.45) is -3.23. The molecule has 0 amide bonds. The van der Waals surface area contributed by atoms with Crippen LogP contribution >= 0.6 is 11.6 Å². The third-order valence-corrected chi connectivity index (χ3v) is 1.05. The Morgan fingerprint density at radius 2 is 2.08 bits per heavy atom. The molecular weight excluding hydrogens is 216 g/mol. The number of alkyl halides is 4. The number of carbonyl (C=O) groups excluding carboxylic acids is 1. The molecule has 0 N–H and O–H groups in total. The van der Waals surface area contributed by atoms with Crippen LogP contribution in [0.25, 0.3) is 0 Å². The Morgan fingerprint density at radius 3 is 2.46 bits per heavy atom. The van der Waals surface area contributed by atoms with Crippen LogP contribution in [0.2, 0.25) is 0 Å². The van der Waals surface area contributed by atoms with Crippen LogP contribution in [0, 0.1) is 0 Å². The second kappa shape index (κ2) is 5.06. The normalized spacial score (nSPS) is 12.5. The second-order valence-electron chi connectivity index (χ2n) is 1.96. The SMILES string of the molecule is O=C(/C=C\Cl)OCC(F)(F)C(F)F. The summed E-state index contributed by atoms with van der Waals surface area (Å²) < 4.78 is 50.8. The maximum absolute atomic E-state index is 12.1. The monoisotopic (exact) mass is 220 g/mol. The molecule has 0 atom stereocenters. The van der Waals surface area contributed by atoms with Gasteiger partial charge in [-0.3, -0.25) is 0 Å². The number of hydrogen-bond donors (Lipinski definition) is 0. The lowest BCUT2D eigenvalue weighted by atomic mass is 10.4. The molecule has 0 aliphatic heterocycles.